The van der Waals surface area contributed by atoms with Gasteiger partial charge in [-0.05, 0) is 24.6 Å². The maximum atomic E-state index is 11.9. The van der Waals surface area contributed by atoms with Crippen LogP contribution in [0.4, 0.5) is 0 Å². The molecule has 1 N–H and O–H groups in total. The van der Waals surface area contributed by atoms with Gasteiger partial charge in [-0.1, -0.05) is 48.0 Å². The van der Waals surface area contributed by atoms with E-state index in [2.05, 4.69) is 0 Å². The fourth-order valence-electron chi connectivity index (χ4n) is 1.82. The number of carbonyl (C=O) groups excluding carboxylic acids is 1. The first kappa shape index (κ1) is 16.0. The summed E-state index contributed by atoms with van der Waals surface area (Å²) in [6.45, 7) is 1.59. The summed E-state index contributed by atoms with van der Waals surface area (Å²) in [4.78, 5) is 11.7. The van der Waals surface area contributed by atoms with E-state index in [4.69, 9.17) is 4.74 Å². The first-order valence-corrected chi connectivity index (χ1v) is 8.36. The van der Waals surface area contributed by atoms with Gasteiger partial charge in [0, 0.05) is 0 Å². The molecule has 6 heteroatoms. The van der Waals surface area contributed by atoms with E-state index in [0.29, 0.717) is 11.3 Å². The fourth-order valence-corrected chi connectivity index (χ4v) is 2.93. The van der Waals surface area contributed by atoms with Crippen molar-refractivity contribution in [1.29, 1.82) is 0 Å². The Morgan fingerprint density at radius 3 is 2.32 bits per heavy atom. The van der Waals surface area contributed by atoms with E-state index in [-0.39, 0.29) is 12.4 Å². The summed E-state index contributed by atoms with van der Waals surface area (Å²) in [6, 6.07) is 15.8. The number of hydrogen-bond acceptors (Lipinski definition) is 4. The maximum absolute atomic E-state index is 11.9. The monoisotopic (exact) mass is 319 g/mol. The molecule has 5 nitrogen and oxygen atoms in total. The Labute approximate surface area is 130 Å². The number of hydrogen-bond donors (Lipinski definition) is 1. The summed E-state index contributed by atoms with van der Waals surface area (Å²) >= 11 is 0. The van der Waals surface area contributed by atoms with Crippen molar-refractivity contribution in [3.05, 3.63) is 65.7 Å². The minimum Gasteiger partial charge on any atom is -0.484 e. The van der Waals surface area contributed by atoms with Crippen LogP contribution in [0.25, 0.3) is 0 Å². The molecule has 0 aliphatic rings. The molecule has 0 fully saturated rings. The van der Waals surface area contributed by atoms with Crippen LogP contribution in [0.2, 0.25) is 0 Å². The van der Waals surface area contributed by atoms with Crippen molar-refractivity contribution in [2.75, 3.05) is 6.61 Å². The van der Waals surface area contributed by atoms with Crippen LogP contribution < -0.4 is 9.46 Å². The first-order chi connectivity index (χ1) is 10.4. The molecule has 0 aliphatic heterocycles. The van der Waals surface area contributed by atoms with E-state index in [1.807, 2.05) is 23.8 Å². The molecule has 0 aliphatic carbocycles. The number of benzene rings is 2. The standard InChI is InChI=1S/C16H17NO4S/c1-13-7-9-15(10-8-13)21-11-16(18)17-22(19,20)12-14-5-3-2-4-6-14/h2-10H,11-12H2,1H3,(H,17,18). The van der Waals surface area contributed by atoms with Crippen LogP contribution in [0.15, 0.2) is 54.6 Å². The summed E-state index contributed by atoms with van der Waals surface area (Å²) in [7, 11) is -3.72. The molecule has 0 radical (unpaired) electrons. The zero-order chi connectivity index (χ0) is 16.0. The number of nitrogens with one attached hydrogen (secondary N) is 1. The van der Waals surface area contributed by atoms with Crippen molar-refractivity contribution in [3.63, 3.8) is 0 Å². The average Bonchev–Trinajstić information content (AvgIpc) is 2.46. The van der Waals surface area contributed by atoms with Gasteiger partial charge in [-0.3, -0.25) is 4.79 Å². The second-order valence-corrected chi connectivity index (χ2v) is 6.59. The molecule has 2 aromatic rings. The van der Waals surface area contributed by atoms with Crippen molar-refractivity contribution in [3.8, 4) is 5.75 Å². The summed E-state index contributed by atoms with van der Waals surface area (Å²) in [5.74, 6) is -0.429. The molecule has 0 saturated heterocycles. The zero-order valence-electron chi connectivity index (χ0n) is 12.2. The van der Waals surface area contributed by atoms with E-state index in [9.17, 15) is 13.2 Å². The van der Waals surface area contributed by atoms with Crippen LogP contribution in [-0.2, 0) is 20.6 Å². The zero-order valence-corrected chi connectivity index (χ0v) is 13.0. The highest BCUT2D eigenvalue weighted by molar-refractivity contribution is 7.89. The van der Waals surface area contributed by atoms with E-state index in [0.717, 1.165) is 5.56 Å². The SMILES string of the molecule is Cc1ccc(OCC(=O)NS(=O)(=O)Cc2ccccc2)cc1. The second-order valence-electron chi connectivity index (χ2n) is 4.87. The Kier molecular flexibility index (Phi) is 5.16. The molecule has 2 aromatic carbocycles. The number of sulfonamides is 1. The van der Waals surface area contributed by atoms with Gasteiger partial charge in [0.15, 0.2) is 6.61 Å². The van der Waals surface area contributed by atoms with Gasteiger partial charge in [-0.25, -0.2) is 13.1 Å². The smallest absolute Gasteiger partial charge is 0.271 e. The lowest BCUT2D eigenvalue weighted by Gasteiger charge is -2.08. The topological polar surface area (TPSA) is 72.5 Å². The third kappa shape index (κ3) is 5.21. The van der Waals surface area contributed by atoms with Gasteiger partial charge in [0.1, 0.15) is 5.75 Å². The highest BCUT2D eigenvalue weighted by Gasteiger charge is 2.15. The summed E-state index contributed by atoms with van der Waals surface area (Å²) < 4.78 is 31.0. The quantitative estimate of drug-likeness (QED) is 0.884. The fraction of sp³-hybridized carbons (Fsp3) is 0.188. The third-order valence-electron chi connectivity index (χ3n) is 2.86. The Hall–Kier alpha value is -2.34. The summed E-state index contributed by atoms with van der Waals surface area (Å²) in [5, 5.41) is 0. The molecule has 0 unspecified atom stereocenters. The van der Waals surface area contributed by atoms with Gasteiger partial charge in [0.05, 0.1) is 5.75 Å². The van der Waals surface area contributed by atoms with Crippen molar-refractivity contribution in [2.24, 2.45) is 0 Å². The van der Waals surface area contributed by atoms with Crippen molar-refractivity contribution < 1.29 is 17.9 Å². The van der Waals surface area contributed by atoms with Crippen LogP contribution in [0, 0.1) is 6.92 Å². The summed E-state index contributed by atoms with van der Waals surface area (Å²) in [5.41, 5.74) is 1.68. The molecule has 0 bridgehead atoms. The number of rotatable bonds is 6. The Morgan fingerprint density at radius 1 is 1.05 bits per heavy atom. The molecule has 116 valence electrons. The predicted molar refractivity (Wildman–Crippen MR) is 83.9 cm³/mol. The molecule has 0 spiro atoms. The number of amides is 1. The van der Waals surface area contributed by atoms with Gasteiger partial charge >= 0.3 is 0 Å². The summed E-state index contributed by atoms with van der Waals surface area (Å²) in [6.07, 6.45) is 0. The highest BCUT2D eigenvalue weighted by Crippen LogP contribution is 2.11. The van der Waals surface area contributed by atoms with Gasteiger partial charge in [-0.2, -0.15) is 0 Å². The highest BCUT2D eigenvalue weighted by atomic mass is 32.2. The lowest BCUT2D eigenvalue weighted by Crippen LogP contribution is -2.35. The molecule has 0 heterocycles. The van der Waals surface area contributed by atoms with E-state index >= 15 is 0 Å². The first-order valence-electron chi connectivity index (χ1n) is 6.71. The van der Waals surface area contributed by atoms with E-state index in [1.54, 1.807) is 42.5 Å². The molecule has 0 aromatic heterocycles. The Bertz CT molecular complexity index is 725. The predicted octanol–water partition coefficient (Wildman–Crippen LogP) is 2.02. The number of aryl methyl sites for hydroxylation is 1. The number of carbonyl (C=O) groups is 1. The minimum absolute atomic E-state index is 0.246. The van der Waals surface area contributed by atoms with Crippen LogP contribution in [0.3, 0.4) is 0 Å². The van der Waals surface area contributed by atoms with Crippen LogP contribution in [0.1, 0.15) is 11.1 Å². The van der Waals surface area contributed by atoms with Crippen LogP contribution >= 0.6 is 0 Å². The van der Waals surface area contributed by atoms with Crippen molar-refractivity contribution >= 4 is 15.9 Å². The minimum atomic E-state index is -3.72. The molecule has 0 atom stereocenters. The molecule has 2 rings (SSSR count). The molecule has 22 heavy (non-hydrogen) atoms. The lowest BCUT2D eigenvalue weighted by molar-refractivity contribution is -0.121. The molecule has 0 saturated carbocycles. The maximum Gasteiger partial charge on any atom is 0.271 e. The molecule has 1 amide bonds. The van der Waals surface area contributed by atoms with Gasteiger partial charge in [0.25, 0.3) is 5.91 Å². The van der Waals surface area contributed by atoms with Crippen molar-refractivity contribution in [2.45, 2.75) is 12.7 Å². The Morgan fingerprint density at radius 2 is 1.68 bits per heavy atom. The number of ether oxygens (including phenoxy) is 1. The van der Waals surface area contributed by atoms with Crippen LogP contribution in [0.5, 0.6) is 5.75 Å². The van der Waals surface area contributed by atoms with E-state index < -0.39 is 15.9 Å². The molecular weight excluding hydrogens is 302 g/mol. The second kappa shape index (κ2) is 7.09. The normalized spacial score (nSPS) is 11.0. The van der Waals surface area contributed by atoms with Crippen molar-refractivity contribution in [1.82, 2.24) is 4.72 Å². The lowest BCUT2D eigenvalue weighted by atomic mass is 10.2. The Balaban J connectivity index is 1.86. The molecular formula is C16H17NO4S. The van der Waals surface area contributed by atoms with E-state index in [1.165, 1.54) is 0 Å². The largest absolute Gasteiger partial charge is 0.484 e. The third-order valence-corrected chi connectivity index (χ3v) is 4.11. The average molecular weight is 319 g/mol. The van der Waals surface area contributed by atoms with Gasteiger partial charge in [-0.15, -0.1) is 0 Å². The van der Waals surface area contributed by atoms with Gasteiger partial charge in [0.2, 0.25) is 10.0 Å². The van der Waals surface area contributed by atoms with Gasteiger partial charge < -0.3 is 4.74 Å². The van der Waals surface area contributed by atoms with Crippen LogP contribution in [-0.4, -0.2) is 20.9 Å².